The van der Waals surface area contributed by atoms with E-state index in [4.69, 9.17) is 5.73 Å². The second-order valence-electron chi connectivity index (χ2n) is 6.73. The third kappa shape index (κ3) is 22.5. The smallest absolute Gasteiger partial charge is 0.217 e. The third-order valence-corrected chi connectivity index (χ3v) is 4.24. The van der Waals surface area contributed by atoms with Crippen molar-refractivity contribution in [3.8, 4) is 0 Å². The van der Waals surface area contributed by atoms with E-state index >= 15 is 0 Å². The van der Waals surface area contributed by atoms with Gasteiger partial charge in [0.25, 0.3) is 0 Å². The molecule has 0 atom stereocenters. The fourth-order valence-corrected chi connectivity index (χ4v) is 2.72. The van der Waals surface area contributed by atoms with Gasteiger partial charge in [-0.15, -0.1) is 0 Å². The van der Waals surface area contributed by atoms with Crippen LogP contribution in [0.1, 0.15) is 96.8 Å². The largest absolute Gasteiger partial charge is 0.370 e. The van der Waals surface area contributed by atoms with E-state index in [1.165, 1.54) is 77.0 Å². The SMILES string of the molecule is C1=CC=CNC=C1.CCCCCCCCCCCCCCCC(N)=O. The molecule has 0 saturated carbocycles. The fraction of sp³-hybridized carbons (Fsp3) is 0.682. The molecule has 0 aromatic heterocycles. The second-order valence-corrected chi connectivity index (χ2v) is 6.73. The summed E-state index contributed by atoms with van der Waals surface area (Å²) in [5, 5.41) is 2.92. The molecule has 1 rings (SSSR count). The summed E-state index contributed by atoms with van der Waals surface area (Å²) in [6, 6.07) is 0. The number of nitrogens with one attached hydrogen (secondary N) is 1. The standard InChI is InChI=1S/C16H33NO.C6H7N/c1-2-3-4-5-6-7-8-9-10-11-12-13-14-15-16(17)18;1-2-4-6-7-5-3-1/h2-15H2,1H3,(H2,17,18);1-7H. The molecule has 0 aromatic rings. The van der Waals surface area contributed by atoms with Crippen molar-refractivity contribution in [2.24, 2.45) is 5.73 Å². The Hall–Kier alpha value is -1.51. The molecule has 0 aliphatic carbocycles. The molecule has 0 radical (unpaired) electrons. The van der Waals surface area contributed by atoms with E-state index in [-0.39, 0.29) is 5.91 Å². The van der Waals surface area contributed by atoms with Gasteiger partial charge in [-0.25, -0.2) is 0 Å². The molecule has 0 fully saturated rings. The first-order valence-corrected chi connectivity index (χ1v) is 10.3. The first-order valence-electron chi connectivity index (χ1n) is 10.3. The van der Waals surface area contributed by atoms with Crippen molar-refractivity contribution in [1.82, 2.24) is 5.32 Å². The van der Waals surface area contributed by atoms with Crippen molar-refractivity contribution in [2.75, 3.05) is 0 Å². The van der Waals surface area contributed by atoms with Crippen molar-refractivity contribution in [1.29, 1.82) is 0 Å². The molecule has 1 aliphatic heterocycles. The first-order chi connectivity index (χ1) is 12.3. The lowest BCUT2D eigenvalue weighted by molar-refractivity contribution is -0.118. The van der Waals surface area contributed by atoms with Gasteiger partial charge >= 0.3 is 0 Å². The molecule has 3 nitrogen and oxygen atoms in total. The molecule has 3 N–H and O–H groups in total. The molecule has 1 amide bonds. The maximum atomic E-state index is 10.5. The van der Waals surface area contributed by atoms with Gasteiger partial charge in [0.2, 0.25) is 5.91 Å². The van der Waals surface area contributed by atoms with Gasteiger partial charge in [0.1, 0.15) is 0 Å². The van der Waals surface area contributed by atoms with E-state index in [9.17, 15) is 4.79 Å². The van der Waals surface area contributed by atoms with Gasteiger partial charge in [-0.1, -0.05) is 96.1 Å². The quantitative estimate of drug-likeness (QED) is 0.371. The van der Waals surface area contributed by atoms with E-state index in [1.54, 1.807) is 0 Å². The van der Waals surface area contributed by atoms with Crippen LogP contribution in [0.4, 0.5) is 0 Å². The Morgan fingerprint density at radius 2 is 1.08 bits per heavy atom. The van der Waals surface area contributed by atoms with Gasteiger partial charge in [-0.05, 0) is 18.6 Å². The lowest BCUT2D eigenvalue weighted by atomic mass is 10.0. The molecule has 1 aliphatic rings. The first kappa shape index (κ1) is 23.5. The van der Waals surface area contributed by atoms with Crippen molar-refractivity contribution < 1.29 is 4.79 Å². The molecule has 3 heteroatoms. The number of allylic oxidation sites excluding steroid dienone is 4. The number of carbonyl (C=O) groups is 1. The highest BCUT2D eigenvalue weighted by Crippen LogP contribution is 2.12. The molecular formula is C22H40N2O. The summed E-state index contributed by atoms with van der Waals surface area (Å²) in [6.45, 7) is 2.27. The number of unbranched alkanes of at least 4 members (excludes halogenated alkanes) is 12. The Morgan fingerprint density at radius 1 is 0.680 bits per heavy atom. The minimum absolute atomic E-state index is 0.155. The lowest BCUT2D eigenvalue weighted by Crippen LogP contribution is -2.09. The zero-order valence-electron chi connectivity index (χ0n) is 16.3. The fourth-order valence-electron chi connectivity index (χ4n) is 2.72. The van der Waals surface area contributed by atoms with Crippen LogP contribution in [-0.4, -0.2) is 5.91 Å². The van der Waals surface area contributed by atoms with Crippen LogP contribution >= 0.6 is 0 Å². The summed E-state index contributed by atoms with van der Waals surface area (Å²) in [5.74, 6) is -0.155. The summed E-state index contributed by atoms with van der Waals surface area (Å²) in [6.07, 6.45) is 29.5. The summed E-state index contributed by atoms with van der Waals surface area (Å²) < 4.78 is 0. The molecule has 0 unspecified atom stereocenters. The Kier molecular flexibility index (Phi) is 19.3. The van der Waals surface area contributed by atoms with E-state index < -0.39 is 0 Å². The lowest BCUT2D eigenvalue weighted by Gasteiger charge is -2.02. The number of hydrogen-bond acceptors (Lipinski definition) is 2. The van der Waals surface area contributed by atoms with E-state index in [0.29, 0.717) is 6.42 Å². The zero-order chi connectivity index (χ0) is 18.4. The Labute approximate surface area is 155 Å². The van der Waals surface area contributed by atoms with E-state index in [2.05, 4.69) is 12.2 Å². The normalized spacial score (nSPS) is 12.2. The highest BCUT2D eigenvalue weighted by Gasteiger charge is 1.95. The molecule has 25 heavy (non-hydrogen) atoms. The molecular weight excluding hydrogens is 308 g/mol. The van der Waals surface area contributed by atoms with Gasteiger partial charge in [-0.2, -0.15) is 0 Å². The maximum Gasteiger partial charge on any atom is 0.217 e. The number of rotatable bonds is 14. The number of amides is 1. The Balaban J connectivity index is 0.000000676. The molecule has 0 bridgehead atoms. The van der Waals surface area contributed by atoms with Crippen LogP contribution in [0.3, 0.4) is 0 Å². The van der Waals surface area contributed by atoms with Gasteiger partial charge < -0.3 is 11.1 Å². The third-order valence-electron chi connectivity index (χ3n) is 4.24. The van der Waals surface area contributed by atoms with Crippen LogP contribution in [0.25, 0.3) is 0 Å². The molecule has 0 saturated heterocycles. The van der Waals surface area contributed by atoms with Gasteiger partial charge in [0.15, 0.2) is 0 Å². The highest BCUT2D eigenvalue weighted by atomic mass is 16.1. The van der Waals surface area contributed by atoms with Gasteiger partial charge in [0.05, 0.1) is 0 Å². The predicted molar refractivity (Wildman–Crippen MR) is 110 cm³/mol. The highest BCUT2D eigenvalue weighted by molar-refractivity contribution is 5.73. The topological polar surface area (TPSA) is 55.1 Å². The molecule has 0 aromatic carbocycles. The Morgan fingerprint density at radius 3 is 1.48 bits per heavy atom. The number of nitrogens with two attached hydrogens (primary N) is 1. The average Bonchev–Trinajstić information content (AvgIpc) is 2.92. The van der Waals surface area contributed by atoms with Crippen molar-refractivity contribution in [2.45, 2.75) is 96.8 Å². The van der Waals surface area contributed by atoms with Crippen molar-refractivity contribution >= 4 is 5.91 Å². The zero-order valence-corrected chi connectivity index (χ0v) is 16.3. The summed E-state index contributed by atoms with van der Waals surface area (Å²) in [5.41, 5.74) is 5.09. The summed E-state index contributed by atoms with van der Waals surface area (Å²) in [4.78, 5) is 10.5. The number of carbonyl (C=O) groups excluding carboxylic acids is 1. The van der Waals surface area contributed by atoms with Crippen LogP contribution in [0.5, 0.6) is 0 Å². The van der Waals surface area contributed by atoms with Gasteiger partial charge in [0, 0.05) is 18.8 Å². The predicted octanol–water partition coefficient (Wildman–Crippen LogP) is 6.13. The van der Waals surface area contributed by atoms with E-state index in [1.807, 2.05) is 36.7 Å². The molecule has 144 valence electrons. The minimum Gasteiger partial charge on any atom is -0.370 e. The molecule has 0 spiro atoms. The van der Waals surface area contributed by atoms with Crippen molar-refractivity contribution in [3.63, 3.8) is 0 Å². The molecule has 1 heterocycles. The monoisotopic (exact) mass is 348 g/mol. The average molecular weight is 349 g/mol. The number of primary amides is 1. The number of hydrogen-bond donors (Lipinski definition) is 2. The van der Waals surface area contributed by atoms with E-state index in [0.717, 1.165) is 6.42 Å². The van der Waals surface area contributed by atoms with Crippen LogP contribution in [0.15, 0.2) is 36.7 Å². The van der Waals surface area contributed by atoms with Crippen LogP contribution in [-0.2, 0) is 4.79 Å². The maximum absolute atomic E-state index is 10.5. The van der Waals surface area contributed by atoms with Crippen LogP contribution < -0.4 is 11.1 Å². The second kappa shape index (κ2) is 20.5. The van der Waals surface area contributed by atoms with Crippen LogP contribution in [0, 0.1) is 0 Å². The Bertz CT molecular complexity index is 358. The summed E-state index contributed by atoms with van der Waals surface area (Å²) in [7, 11) is 0. The minimum atomic E-state index is -0.155. The summed E-state index contributed by atoms with van der Waals surface area (Å²) >= 11 is 0. The van der Waals surface area contributed by atoms with Crippen LogP contribution in [0.2, 0.25) is 0 Å². The van der Waals surface area contributed by atoms with Crippen molar-refractivity contribution in [3.05, 3.63) is 36.7 Å². The van der Waals surface area contributed by atoms with Gasteiger partial charge in [-0.3, -0.25) is 4.79 Å².